The van der Waals surface area contributed by atoms with Crippen molar-refractivity contribution < 1.29 is 0 Å². The fourth-order valence-electron chi connectivity index (χ4n) is 18.7. The van der Waals surface area contributed by atoms with Crippen LogP contribution in [0.3, 0.4) is 0 Å². The van der Waals surface area contributed by atoms with Gasteiger partial charge < -0.3 is 18.9 Å². The van der Waals surface area contributed by atoms with Crippen LogP contribution in [0.2, 0.25) is 0 Å². The van der Waals surface area contributed by atoms with Crippen molar-refractivity contribution in [3.05, 3.63) is 307 Å². The second-order valence-corrected chi connectivity index (χ2v) is 36.9. The highest BCUT2D eigenvalue weighted by molar-refractivity contribution is 7.00. The lowest BCUT2D eigenvalue weighted by molar-refractivity contribution is 0.169. The third-order valence-electron chi connectivity index (χ3n) is 24.9. The number of rotatable bonds is 9. The first kappa shape index (κ1) is 69.8. The minimum Gasteiger partial charge on any atom is -0.310 e. The monoisotopic (exact) mass is 1420 g/mol. The first-order chi connectivity index (χ1) is 52.2. The summed E-state index contributed by atoms with van der Waals surface area (Å²) in [5, 5.41) is 5.11. The van der Waals surface area contributed by atoms with E-state index in [1.54, 1.807) is 0 Å². The summed E-state index contributed by atoms with van der Waals surface area (Å²) < 4.78 is 5.17. The van der Waals surface area contributed by atoms with Gasteiger partial charge in [0.25, 0.3) is 6.71 Å². The lowest BCUT2D eigenvalue weighted by Crippen LogP contribution is -2.61. The van der Waals surface area contributed by atoms with Crippen molar-refractivity contribution in [2.45, 2.75) is 157 Å². The van der Waals surface area contributed by atoms with Crippen molar-refractivity contribution in [2.24, 2.45) is 11.3 Å². The van der Waals surface area contributed by atoms with Gasteiger partial charge in [0.1, 0.15) is 0 Å². The van der Waals surface area contributed by atoms with E-state index in [9.17, 15) is 0 Å². The van der Waals surface area contributed by atoms with Crippen LogP contribution in [0.15, 0.2) is 279 Å². The fraction of sp³-hybridized carbons (Fsp3) is 0.250. The summed E-state index contributed by atoms with van der Waals surface area (Å²) in [7, 11) is 0. The Bertz CT molecular complexity index is 5460. The average molecular weight is 1420 g/mol. The molecule has 2 aromatic heterocycles. The standard InChI is InChI=1S/C104H101BN4/c1-100(2,3)72-44-42-66(43-45-72)71-58-95-97-96(59-71)109(99-81(69-34-24-18-25-35-69)40-29-41-82(99)70-36-26-19-27-37-70)94-65-78(107-91-56-48-75(103(10,11)12)62-85(91)86-63-76(104(13,14)15)49-57-92(86)107)51-53-88(94)105(97)87-52-50-77(106-89-54-46-73(101(4,5)6)60-83(89)84-61-74(102(7,8)9)47-55-90(84)106)64-93(87)108(95)98-79(67-30-20-16-21-31-67)38-28-39-80(98)68-32-22-17-23-33-68/h16-41,46-66,72H,42-45H2,1-15H3. The molecule has 0 bridgehead atoms. The third kappa shape index (κ3) is 12.0. The molecular weight excluding hydrogens is 1320 g/mol. The van der Waals surface area contributed by atoms with Crippen molar-refractivity contribution in [1.29, 1.82) is 0 Å². The van der Waals surface area contributed by atoms with Crippen LogP contribution in [0.1, 0.15) is 163 Å². The minimum atomic E-state index is -0.215. The Morgan fingerprint density at radius 1 is 0.284 bits per heavy atom. The van der Waals surface area contributed by atoms with Gasteiger partial charge in [0.2, 0.25) is 0 Å². The van der Waals surface area contributed by atoms with E-state index in [4.69, 9.17) is 0 Å². The number of benzene rings is 13. The van der Waals surface area contributed by atoms with E-state index >= 15 is 0 Å². The predicted molar refractivity (Wildman–Crippen MR) is 470 cm³/mol. The highest BCUT2D eigenvalue weighted by atomic mass is 15.2. The van der Waals surface area contributed by atoms with Crippen LogP contribution in [0.4, 0.5) is 34.1 Å². The Labute approximate surface area is 646 Å². The molecule has 109 heavy (non-hydrogen) atoms. The summed E-state index contributed by atoms with van der Waals surface area (Å²) in [6.45, 7) is 35.3. The Kier molecular flexibility index (Phi) is 16.6. The summed E-state index contributed by atoms with van der Waals surface area (Å²) in [5.74, 6) is 0.938. The van der Waals surface area contributed by atoms with Crippen molar-refractivity contribution in [3.63, 3.8) is 0 Å². The second kappa shape index (κ2) is 25.9. The van der Waals surface area contributed by atoms with Gasteiger partial charge in [0.05, 0.1) is 33.4 Å². The molecule has 4 nitrogen and oxygen atoms in total. The lowest BCUT2D eigenvalue weighted by Gasteiger charge is -2.46. The molecule has 0 spiro atoms. The Balaban J connectivity index is 1.01. The molecule has 0 amide bonds. The van der Waals surface area contributed by atoms with Crippen molar-refractivity contribution in [3.8, 4) is 55.9 Å². The molecule has 3 aliphatic rings. The van der Waals surface area contributed by atoms with E-state index in [0.29, 0.717) is 11.8 Å². The van der Waals surface area contributed by atoms with Gasteiger partial charge in [-0.3, -0.25) is 0 Å². The normalized spacial score (nSPS) is 15.5. The molecule has 1 aliphatic carbocycles. The largest absolute Gasteiger partial charge is 0.310 e. The van der Waals surface area contributed by atoms with Crippen LogP contribution in [0.25, 0.3) is 99.5 Å². The molecule has 5 heteroatoms. The highest BCUT2D eigenvalue weighted by Gasteiger charge is 2.47. The number of anilines is 6. The molecule has 0 unspecified atom stereocenters. The maximum atomic E-state index is 2.78. The Hall–Kier alpha value is -10.9. The van der Waals surface area contributed by atoms with Crippen LogP contribution in [0, 0.1) is 11.3 Å². The molecule has 2 aliphatic heterocycles. The zero-order valence-electron chi connectivity index (χ0n) is 66.4. The smallest absolute Gasteiger partial charge is 0.252 e. The van der Waals surface area contributed by atoms with Gasteiger partial charge in [-0.05, 0) is 216 Å². The van der Waals surface area contributed by atoms with E-state index in [1.165, 1.54) is 168 Å². The number of hydrogen-bond acceptors (Lipinski definition) is 2. The maximum Gasteiger partial charge on any atom is 0.252 e. The zero-order chi connectivity index (χ0) is 75.4. The molecule has 0 radical (unpaired) electrons. The van der Waals surface area contributed by atoms with E-state index < -0.39 is 0 Å². The van der Waals surface area contributed by atoms with E-state index in [-0.39, 0.29) is 33.8 Å². The molecule has 4 heterocycles. The van der Waals surface area contributed by atoms with Gasteiger partial charge in [-0.15, -0.1) is 0 Å². The number of fused-ring (bicyclic) bond motifs is 10. The van der Waals surface area contributed by atoms with Gasteiger partial charge in [-0.1, -0.05) is 298 Å². The molecule has 1 saturated carbocycles. The molecule has 0 atom stereocenters. The van der Waals surface area contributed by atoms with Gasteiger partial charge in [-0.25, -0.2) is 0 Å². The van der Waals surface area contributed by atoms with Crippen LogP contribution in [-0.4, -0.2) is 15.8 Å². The van der Waals surface area contributed by atoms with Crippen molar-refractivity contribution in [2.75, 3.05) is 9.80 Å². The van der Waals surface area contributed by atoms with E-state index in [1.807, 2.05) is 0 Å². The predicted octanol–water partition coefficient (Wildman–Crippen LogP) is 27.1. The molecule has 0 saturated heterocycles. The van der Waals surface area contributed by atoms with Crippen molar-refractivity contribution in [1.82, 2.24) is 9.13 Å². The number of aromatic nitrogens is 2. The van der Waals surface area contributed by atoms with Gasteiger partial charge >= 0.3 is 0 Å². The fourth-order valence-corrected chi connectivity index (χ4v) is 18.7. The zero-order valence-corrected chi connectivity index (χ0v) is 66.4. The molecule has 0 N–H and O–H groups in total. The SMILES string of the molecule is CC(C)(C)c1ccc2c(c1)c1cc(C(C)(C)C)ccc1n2-c1ccc2c(c1)N(c1c(-c3ccccc3)cccc1-c1ccccc1)c1cc(C3CCC(C(C)(C)C)CC3)cc3c1B2c1ccc(-n2c4ccc(C(C)(C)C)cc4c4cc(C(C)(C)C)ccc42)cc1N3c1c(-c2ccccc2)cccc1-c1ccccc1. The topological polar surface area (TPSA) is 16.3 Å². The van der Waals surface area contributed by atoms with Crippen LogP contribution >= 0.6 is 0 Å². The molecule has 18 rings (SSSR count). The molecule has 1 fully saturated rings. The number of para-hydroxylation sites is 2. The number of nitrogens with zero attached hydrogens (tertiary/aromatic N) is 4. The second-order valence-electron chi connectivity index (χ2n) is 36.9. The Morgan fingerprint density at radius 2 is 0.587 bits per heavy atom. The summed E-state index contributed by atoms with van der Waals surface area (Å²) in [6, 6.07) is 109. The first-order valence-corrected chi connectivity index (χ1v) is 40.0. The van der Waals surface area contributed by atoms with Gasteiger partial charge in [-0.2, -0.15) is 0 Å². The summed E-state index contributed by atoms with van der Waals surface area (Å²) in [4.78, 5) is 5.56. The Morgan fingerprint density at radius 3 is 0.872 bits per heavy atom. The van der Waals surface area contributed by atoms with Crippen LogP contribution in [-0.2, 0) is 21.7 Å². The molecular formula is C104H101BN4. The minimum absolute atomic E-state index is 0.0503. The summed E-state index contributed by atoms with van der Waals surface area (Å²) >= 11 is 0. The average Bonchev–Trinajstić information content (AvgIpc) is 1.04. The van der Waals surface area contributed by atoms with Crippen LogP contribution < -0.4 is 26.2 Å². The van der Waals surface area contributed by atoms with Crippen molar-refractivity contribution >= 4 is 101 Å². The highest BCUT2D eigenvalue weighted by Crippen LogP contribution is 2.56. The van der Waals surface area contributed by atoms with E-state index in [2.05, 4.69) is 402 Å². The van der Waals surface area contributed by atoms with Gasteiger partial charge in [0, 0.05) is 77.9 Å². The molecule has 15 aromatic rings. The number of hydrogen-bond donors (Lipinski definition) is 0. The lowest BCUT2D eigenvalue weighted by atomic mass is 9.33. The van der Waals surface area contributed by atoms with Crippen LogP contribution in [0.5, 0.6) is 0 Å². The molecule has 540 valence electrons. The van der Waals surface area contributed by atoms with Gasteiger partial charge in [0.15, 0.2) is 0 Å². The van der Waals surface area contributed by atoms with E-state index in [0.717, 1.165) is 35.6 Å². The first-order valence-electron chi connectivity index (χ1n) is 40.0. The molecule has 13 aromatic carbocycles. The summed E-state index contributed by atoms with van der Waals surface area (Å²) in [6.07, 6.45) is 4.58. The quantitative estimate of drug-likeness (QED) is 0.134. The third-order valence-corrected chi connectivity index (χ3v) is 24.9. The summed E-state index contributed by atoms with van der Waals surface area (Å²) in [5.41, 5.74) is 34.1. The maximum absolute atomic E-state index is 2.78.